The second-order valence-electron chi connectivity index (χ2n) is 5.21. The van der Waals surface area contributed by atoms with E-state index < -0.39 is 15.9 Å². The lowest BCUT2D eigenvalue weighted by molar-refractivity contribution is -0.116. The quantitative estimate of drug-likeness (QED) is 0.649. The smallest absolute Gasteiger partial charge is 0.264 e. The van der Waals surface area contributed by atoms with Crippen LogP contribution in [-0.2, 0) is 14.8 Å². The molecule has 21 heavy (non-hydrogen) atoms. The van der Waals surface area contributed by atoms with Crippen LogP contribution in [0, 0.1) is 12.8 Å². The van der Waals surface area contributed by atoms with Gasteiger partial charge in [0.2, 0.25) is 0 Å². The van der Waals surface area contributed by atoms with Crippen molar-refractivity contribution in [1.29, 1.82) is 0 Å². The lowest BCUT2D eigenvalue weighted by Gasteiger charge is -2.09. The second-order valence-corrected chi connectivity index (χ2v) is 6.89. The van der Waals surface area contributed by atoms with Gasteiger partial charge in [0.1, 0.15) is 0 Å². The fraction of sp³-hybridized carbons (Fsp3) is 0.312. The topological polar surface area (TPSA) is 63.2 Å². The summed E-state index contributed by atoms with van der Waals surface area (Å²) in [6, 6.07) is 6.40. The molecule has 1 aromatic rings. The average molecular weight is 305 g/mol. The molecule has 1 saturated carbocycles. The predicted octanol–water partition coefficient (Wildman–Crippen LogP) is 2.71. The van der Waals surface area contributed by atoms with Crippen LogP contribution in [-0.4, -0.2) is 14.3 Å². The van der Waals surface area contributed by atoms with Crippen LogP contribution >= 0.6 is 0 Å². The Kier molecular flexibility index (Phi) is 4.63. The molecule has 0 spiro atoms. The van der Waals surface area contributed by atoms with Crippen LogP contribution in [0.1, 0.15) is 24.8 Å². The Morgan fingerprint density at radius 3 is 2.48 bits per heavy atom. The molecule has 5 heteroatoms. The molecule has 0 radical (unpaired) electrons. The summed E-state index contributed by atoms with van der Waals surface area (Å²) in [5.41, 5.74) is 1.51. The van der Waals surface area contributed by atoms with Crippen molar-refractivity contribution in [2.45, 2.75) is 31.1 Å². The van der Waals surface area contributed by atoms with E-state index >= 15 is 0 Å². The molecule has 1 aromatic carbocycles. The lowest BCUT2D eigenvalue weighted by atomic mass is 10.1. The third-order valence-corrected chi connectivity index (χ3v) is 4.69. The van der Waals surface area contributed by atoms with Crippen molar-refractivity contribution >= 4 is 15.9 Å². The van der Waals surface area contributed by atoms with Gasteiger partial charge < -0.3 is 0 Å². The minimum absolute atomic E-state index is 0.0975. The van der Waals surface area contributed by atoms with Gasteiger partial charge in [-0.3, -0.25) is 4.79 Å². The van der Waals surface area contributed by atoms with Gasteiger partial charge in [-0.05, 0) is 44.2 Å². The summed E-state index contributed by atoms with van der Waals surface area (Å²) in [5.74, 6) is -0.349. The van der Waals surface area contributed by atoms with E-state index in [1.807, 2.05) is 6.92 Å². The monoisotopic (exact) mass is 305 g/mol. The molecule has 1 fully saturated rings. The summed E-state index contributed by atoms with van der Waals surface area (Å²) < 4.78 is 26.5. The zero-order chi connectivity index (χ0) is 15.5. The highest BCUT2D eigenvalue weighted by molar-refractivity contribution is 7.90. The SMILES string of the molecule is C=CC/C=C(\C(=O)NS(=O)(=O)c1ccc(C)cc1)C1CC1. The number of carbonyl (C=O) groups is 1. The Labute approximate surface area is 125 Å². The maximum absolute atomic E-state index is 12.2. The fourth-order valence-corrected chi connectivity index (χ4v) is 2.98. The van der Waals surface area contributed by atoms with E-state index in [9.17, 15) is 13.2 Å². The van der Waals surface area contributed by atoms with Crippen LogP contribution in [0.2, 0.25) is 0 Å². The predicted molar refractivity (Wildman–Crippen MR) is 82.1 cm³/mol. The van der Waals surface area contributed by atoms with E-state index in [4.69, 9.17) is 0 Å². The number of nitrogens with one attached hydrogen (secondary N) is 1. The maximum Gasteiger partial charge on any atom is 0.264 e. The number of hydrogen-bond acceptors (Lipinski definition) is 3. The first-order valence-corrected chi connectivity index (χ1v) is 8.37. The molecule has 1 aliphatic carbocycles. The summed E-state index contributed by atoms with van der Waals surface area (Å²) in [7, 11) is -3.82. The maximum atomic E-state index is 12.2. The first kappa shape index (κ1) is 15.5. The van der Waals surface area contributed by atoms with Gasteiger partial charge in [-0.1, -0.05) is 29.8 Å². The van der Waals surface area contributed by atoms with E-state index in [1.54, 1.807) is 24.3 Å². The number of aryl methyl sites for hydroxylation is 1. The van der Waals surface area contributed by atoms with Crippen LogP contribution in [0.3, 0.4) is 0 Å². The molecule has 0 unspecified atom stereocenters. The first-order chi connectivity index (χ1) is 9.94. The van der Waals surface area contributed by atoms with E-state index in [2.05, 4.69) is 11.3 Å². The second kappa shape index (κ2) is 6.26. The van der Waals surface area contributed by atoms with Gasteiger partial charge in [-0.15, -0.1) is 6.58 Å². The molecular formula is C16H19NO3S. The van der Waals surface area contributed by atoms with Gasteiger partial charge in [-0.25, -0.2) is 13.1 Å². The number of amides is 1. The van der Waals surface area contributed by atoms with Crippen molar-refractivity contribution in [2.24, 2.45) is 5.92 Å². The lowest BCUT2D eigenvalue weighted by Crippen LogP contribution is -2.32. The first-order valence-electron chi connectivity index (χ1n) is 6.89. The van der Waals surface area contributed by atoms with Crippen molar-refractivity contribution in [3.05, 3.63) is 54.1 Å². The zero-order valence-corrected chi connectivity index (χ0v) is 12.8. The molecule has 1 amide bonds. The summed E-state index contributed by atoms with van der Waals surface area (Å²) >= 11 is 0. The Morgan fingerprint density at radius 2 is 1.95 bits per heavy atom. The number of allylic oxidation sites excluding steroid dienone is 2. The Bertz CT molecular complexity index is 668. The molecule has 1 N–H and O–H groups in total. The summed E-state index contributed by atoms with van der Waals surface area (Å²) in [4.78, 5) is 12.3. The third-order valence-electron chi connectivity index (χ3n) is 3.34. The zero-order valence-electron chi connectivity index (χ0n) is 12.0. The Morgan fingerprint density at radius 1 is 1.33 bits per heavy atom. The highest BCUT2D eigenvalue weighted by Crippen LogP contribution is 2.37. The van der Waals surface area contributed by atoms with Gasteiger partial charge in [0.15, 0.2) is 0 Å². The number of hydrogen-bond donors (Lipinski definition) is 1. The third kappa shape index (κ3) is 4.04. The van der Waals surface area contributed by atoms with Crippen LogP contribution in [0.4, 0.5) is 0 Å². The minimum Gasteiger partial charge on any atom is -0.269 e. The van der Waals surface area contributed by atoms with Crippen LogP contribution in [0.25, 0.3) is 0 Å². The van der Waals surface area contributed by atoms with E-state index in [-0.39, 0.29) is 10.8 Å². The minimum atomic E-state index is -3.82. The summed E-state index contributed by atoms with van der Waals surface area (Å²) in [6.45, 7) is 5.48. The van der Waals surface area contributed by atoms with Crippen molar-refractivity contribution in [2.75, 3.05) is 0 Å². The highest BCUT2D eigenvalue weighted by atomic mass is 32.2. The molecule has 112 valence electrons. The summed E-state index contributed by atoms with van der Waals surface area (Å²) in [6.07, 6.45) is 5.86. The van der Waals surface area contributed by atoms with Crippen LogP contribution in [0.15, 0.2) is 53.5 Å². The molecule has 1 aliphatic rings. The molecule has 0 atom stereocenters. The standard InChI is InChI=1S/C16H19NO3S/c1-3-4-5-15(13-8-9-13)16(18)17-21(19,20)14-10-6-12(2)7-11-14/h3,5-7,10-11,13H,1,4,8-9H2,2H3,(H,17,18)/b15-5-. The van der Waals surface area contributed by atoms with Crippen LogP contribution < -0.4 is 4.72 Å². The number of benzene rings is 1. The molecular weight excluding hydrogens is 286 g/mol. The van der Waals surface area contributed by atoms with Crippen molar-refractivity contribution in [1.82, 2.24) is 4.72 Å². The van der Waals surface area contributed by atoms with Gasteiger partial charge in [0, 0.05) is 5.57 Å². The number of sulfonamides is 1. The highest BCUT2D eigenvalue weighted by Gasteiger charge is 2.32. The van der Waals surface area contributed by atoms with Gasteiger partial charge in [0.05, 0.1) is 4.90 Å². The molecule has 0 saturated heterocycles. The van der Waals surface area contributed by atoms with Gasteiger partial charge in [0.25, 0.3) is 15.9 Å². The molecule has 0 heterocycles. The molecule has 0 aliphatic heterocycles. The van der Waals surface area contributed by atoms with E-state index in [1.165, 1.54) is 12.1 Å². The largest absolute Gasteiger partial charge is 0.269 e. The average Bonchev–Trinajstić information content (AvgIpc) is 3.23. The summed E-state index contributed by atoms with van der Waals surface area (Å²) in [5, 5.41) is 0. The van der Waals surface area contributed by atoms with Crippen molar-refractivity contribution in [3.63, 3.8) is 0 Å². The molecule has 0 bridgehead atoms. The van der Waals surface area contributed by atoms with Crippen molar-refractivity contribution in [3.8, 4) is 0 Å². The Balaban J connectivity index is 2.17. The molecule has 0 aromatic heterocycles. The molecule has 2 rings (SSSR count). The van der Waals surface area contributed by atoms with E-state index in [0.29, 0.717) is 12.0 Å². The van der Waals surface area contributed by atoms with Crippen molar-refractivity contribution < 1.29 is 13.2 Å². The van der Waals surface area contributed by atoms with Gasteiger partial charge >= 0.3 is 0 Å². The molecule has 4 nitrogen and oxygen atoms in total. The Hall–Kier alpha value is -1.88. The number of rotatable bonds is 6. The van der Waals surface area contributed by atoms with Gasteiger partial charge in [-0.2, -0.15) is 0 Å². The normalized spacial score (nSPS) is 15.6. The van der Waals surface area contributed by atoms with E-state index in [0.717, 1.165) is 18.4 Å². The van der Waals surface area contributed by atoms with Crippen LogP contribution in [0.5, 0.6) is 0 Å². The fourth-order valence-electron chi connectivity index (χ4n) is 2.01. The number of carbonyl (C=O) groups excluding carboxylic acids is 1.